The fourth-order valence-electron chi connectivity index (χ4n) is 2.87. The molecule has 5 nitrogen and oxygen atoms in total. The van der Waals surface area contributed by atoms with Gasteiger partial charge in [-0.1, -0.05) is 24.4 Å². The van der Waals surface area contributed by atoms with Crippen molar-refractivity contribution in [1.82, 2.24) is 10.5 Å². The maximum absolute atomic E-state index is 12.4. The number of nitrogens with zero attached hydrogens (tertiary/aromatic N) is 1. The van der Waals surface area contributed by atoms with E-state index in [-0.39, 0.29) is 5.91 Å². The van der Waals surface area contributed by atoms with Gasteiger partial charge in [0.15, 0.2) is 0 Å². The van der Waals surface area contributed by atoms with Crippen LogP contribution in [0.1, 0.15) is 56.0 Å². The van der Waals surface area contributed by atoms with Crippen LogP contribution in [0.25, 0.3) is 0 Å². The molecule has 0 bridgehead atoms. The first-order valence-corrected chi connectivity index (χ1v) is 9.44. The summed E-state index contributed by atoms with van der Waals surface area (Å²) in [6, 6.07) is 0. The van der Waals surface area contributed by atoms with Gasteiger partial charge >= 0.3 is 0 Å². The minimum Gasteiger partial charge on any atom is -0.361 e. The van der Waals surface area contributed by atoms with Gasteiger partial charge in [0, 0.05) is 22.9 Å². The van der Waals surface area contributed by atoms with Crippen molar-refractivity contribution in [3.63, 3.8) is 0 Å². The molecule has 0 radical (unpaired) electrons. The van der Waals surface area contributed by atoms with Gasteiger partial charge in [-0.05, 0) is 39.5 Å². The third-order valence-corrected chi connectivity index (χ3v) is 6.10. The summed E-state index contributed by atoms with van der Waals surface area (Å²) < 4.78 is 17.5. The number of hydrogen-bond donors (Lipinski definition) is 1. The SMILES string of the molecule is Cc1noc(C)c1C[S@](=O)[C@@H](C)C(=O)NCC1CCCCC1. The molecule has 1 aromatic heterocycles. The number of rotatable bonds is 6. The Hall–Kier alpha value is -1.17. The number of carbonyl (C=O) groups excluding carboxylic acids is 1. The van der Waals surface area contributed by atoms with Gasteiger partial charge < -0.3 is 9.84 Å². The Morgan fingerprint density at radius 3 is 2.64 bits per heavy atom. The lowest BCUT2D eigenvalue weighted by atomic mass is 9.89. The fourth-order valence-corrected chi connectivity index (χ4v) is 4.14. The van der Waals surface area contributed by atoms with Gasteiger partial charge in [0.1, 0.15) is 11.0 Å². The molecular weight excluding hydrogens is 300 g/mol. The normalized spacial score (nSPS) is 18.9. The summed E-state index contributed by atoms with van der Waals surface area (Å²) in [7, 11) is -1.26. The second-order valence-corrected chi connectivity index (χ2v) is 7.98. The highest BCUT2D eigenvalue weighted by atomic mass is 32.2. The molecule has 0 unspecified atom stereocenters. The largest absolute Gasteiger partial charge is 0.361 e. The molecule has 1 aliphatic carbocycles. The molecule has 1 amide bonds. The minimum atomic E-state index is -1.26. The van der Waals surface area contributed by atoms with E-state index in [9.17, 15) is 9.00 Å². The standard InChI is InChI=1S/C16H26N2O3S/c1-11-15(12(2)21-18-11)10-22(20)13(3)16(19)17-9-14-7-5-4-6-8-14/h13-14H,4-10H2,1-3H3,(H,17,19)/t13-,22-/m0/s1. The van der Waals surface area contributed by atoms with Gasteiger partial charge in [-0.25, -0.2) is 0 Å². The second-order valence-electron chi connectivity index (χ2n) is 6.22. The maximum atomic E-state index is 12.4. The van der Waals surface area contributed by atoms with Crippen LogP contribution in [0.15, 0.2) is 4.52 Å². The van der Waals surface area contributed by atoms with Gasteiger partial charge in [0.2, 0.25) is 5.91 Å². The maximum Gasteiger partial charge on any atom is 0.235 e. The zero-order chi connectivity index (χ0) is 16.1. The van der Waals surface area contributed by atoms with Crippen molar-refractivity contribution in [1.29, 1.82) is 0 Å². The molecule has 0 saturated heterocycles. The van der Waals surface area contributed by atoms with Crippen LogP contribution in [-0.4, -0.2) is 27.1 Å². The average Bonchev–Trinajstić information content (AvgIpc) is 2.84. The molecule has 1 N–H and O–H groups in total. The highest BCUT2D eigenvalue weighted by molar-refractivity contribution is 7.85. The second kappa shape index (κ2) is 7.90. The summed E-state index contributed by atoms with van der Waals surface area (Å²) >= 11 is 0. The topological polar surface area (TPSA) is 72.2 Å². The highest BCUT2D eigenvalue weighted by Crippen LogP contribution is 2.23. The summed E-state index contributed by atoms with van der Waals surface area (Å²) in [6.07, 6.45) is 6.21. The van der Waals surface area contributed by atoms with Crippen LogP contribution in [-0.2, 0) is 21.3 Å². The molecule has 0 aliphatic heterocycles. The molecule has 1 aromatic rings. The zero-order valence-electron chi connectivity index (χ0n) is 13.7. The Morgan fingerprint density at radius 1 is 1.36 bits per heavy atom. The first-order valence-electron chi connectivity index (χ1n) is 8.05. The van der Waals surface area contributed by atoms with Crippen molar-refractivity contribution >= 4 is 16.7 Å². The quantitative estimate of drug-likeness (QED) is 0.872. The zero-order valence-corrected chi connectivity index (χ0v) is 14.5. The highest BCUT2D eigenvalue weighted by Gasteiger charge is 2.23. The van der Waals surface area contributed by atoms with E-state index >= 15 is 0 Å². The van der Waals surface area contributed by atoms with E-state index in [1.807, 2.05) is 6.92 Å². The Balaban J connectivity index is 1.83. The lowest BCUT2D eigenvalue weighted by Crippen LogP contribution is -2.38. The summed E-state index contributed by atoms with van der Waals surface area (Å²) in [6.45, 7) is 6.08. The number of amides is 1. The van der Waals surface area contributed by atoms with Gasteiger partial charge in [-0.2, -0.15) is 0 Å². The van der Waals surface area contributed by atoms with E-state index in [1.54, 1.807) is 13.8 Å². The van der Waals surface area contributed by atoms with Crippen molar-refractivity contribution in [3.05, 3.63) is 17.0 Å². The van der Waals surface area contributed by atoms with Crippen LogP contribution in [0.2, 0.25) is 0 Å². The molecule has 1 saturated carbocycles. The number of aryl methyl sites for hydroxylation is 2. The Bertz CT molecular complexity index is 516. The van der Waals surface area contributed by atoms with Crippen LogP contribution in [0.4, 0.5) is 0 Å². The number of nitrogens with one attached hydrogen (secondary N) is 1. The monoisotopic (exact) mass is 326 g/mol. The number of aromatic nitrogens is 1. The molecule has 0 aromatic carbocycles. The molecule has 2 rings (SSSR count). The first kappa shape index (κ1) is 17.2. The van der Waals surface area contributed by atoms with Crippen molar-refractivity contribution in [2.75, 3.05) is 6.54 Å². The molecule has 1 aliphatic rings. The van der Waals surface area contributed by atoms with Gasteiger partial charge in [0.05, 0.1) is 11.4 Å². The molecule has 0 spiro atoms. The van der Waals surface area contributed by atoms with E-state index < -0.39 is 16.0 Å². The van der Waals surface area contributed by atoms with Crippen LogP contribution >= 0.6 is 0 Å². The van der Waals surface area contributed by atoms with Crippen molar-refractivity contribution < 1.29 is 13.5 Å². The Morgan fingerprint density at radius 2 is 2.05 bits per heavy atom. The predicted molar refractivity (Wildman–Crippen MR) is 86.9 cm³/mol. The number of carbonyl (C=O) groups is 1. The Kier molecular flexibility index (Phi) is 6.17. The van der Waals surface area contributed by atoms with Gasteiger partial charge in [-0.15, -0.1) is 0 Å². The Labute approximate surface area is 134 Å². The van der Waals surface area contributed by atoms with E-state index in [0.29, 0.717) is 24.0 Å². The predicted octanol–water partition coefficient (Wildman–Crippen LogP) is 2.63. The van der Waals surface area contributed by atoms with E-state index in [4.69, 9.17) is 4.52 Å². The molecule has 2 atom stereocenters. The van der Waals surface area contributed by atoms with Crippen LogP contribution < -0.4 is 5.32 Å². The minimum absolute atomic E-state index is 0.115. The summed E-state index contributed by atoms with van der Waals surface area (Å²) in [5.74, 6) is 1.47. The summed E-state index contributed by atoms with van der Waals surface area (Å²) in [5, 5.41) is 6.32. The van der Waals surface area contributed by atoms with Crippen LogP contribution in [0.5, 0.6) is 0 Å². The van der Waals surface area contributed by atoms with Crippen molar-refractivity contribution in [2.45, 2.75) is 63.9 Å². The molecule has 124 valence electrons. The summed E-state index contributed by atoms with van der Waals surface area (Å²) in [5.41, 5.74) is 1.60. The van der Waals surface area contributed by atoms with E-state index in [1.165, 1.54) is 32.1 Å². The molecule has 6 heteroatoms. The van der Waals surface area contributed by atoms with Crippen LogP contribution in [0.3, 0.4) is 0 Å². The molecule has 1 fully saturated rings. The first-order chi connectivity index (χ1) is 10.5. The fraction of sp³-hybridized carbons (Fsp3) is 0.750. The molecule has 1 heterocycles. The summed E-state index contributed by atoms with van der Waals surface area (Å²) in [4.78, 5) is 12.2. The van der Waals surface area contributed by atoms with E-state index in [0.717, 1.165) is 11.3 Å². The lowest BCUT2D eigenvalue weighted by molar-refractivity contribution is -0.120. The third kappa shape index (κ3) is 4.41. The van der Waals surface area contributed by atoms with Gasteiger partial charge in [0.25, 0.3) is 0 Å². The van der Waals surface area contributed by atoms with Crippen LogP contribution in [0, 0.1) is 19.8 Å². The van der Waals surface area contributed by atoms with Crippen molar-refractivity contribution in [2.24, 2.45) is 5.92 Å². The smallest absolute Gasteiger partial charge is 0.235 e. The molecule has 22 heavy (non-hydrogen) atoms. The average molecular weight is 326 g/mol. The van der Waals surface area contributed by atoms with Gasteiger partial charge in [-0.3, -0.25) is 9.00 Å². The number of hydrogen-bond acceptors (Lipinski definition) is 4. The lowest BCUT2D eigenvalue weighted by Gasteiger charge is -2.22. The third-order valence-electron chi connectivity index (χ3n) is 4.52. The van der Waals surface area contributed by atoms with E-state index in [2.05, 4.69) is 10.5 Å². The van der Waals surface area contributed by atoms with Crippen molar-refractivity contribution in [3.8, 4) is 0 Å². The molecular formula is C16H26N2O3S.